The number of likely N-dealkylation sites (tertiary alicyclic amines) is 1. The van der Waals surface area contributed by atoms with Crippen molar-refractivity contribution in [1.29, 1.82) is 0 Å². The Balaban J connectivity index is 1.45. The van der Waals surface area contributed by atoms with Gasteiger partial charge >= 0.3 is 6.09 Å². The van der Waals surface area contributed by atoms with E-state index in [1.165, 1.54) is 0 Å². The number of amides is 2. The highest BCUT2D eigenvalue weighted by Gasteiger charge is 2.55. The zero-order valence-corrected chi connectivity index (χ0v) is 16.8. The first-order valence-corrected chi connectivity index (χ1v) is 10.3. The maximum Gasteiger partial charge on any atom is 0.411 e. The van der Waals surface area contributed by atoms with Crippen molar-refractivity contribution in [3.63, 3.8) is 0 Å². The Hall–Kier alpha value is -3.80. The molecule has 3 atom stereocenters. The maximum atomic E-state index is 13.3. The Morgan fingerprint density at radius 3 is 2.39 bits per heavy atom. The molecule has 3 heterocycles. The minimum absolute atomic E-state index is 0.0854. The first kappa shape index (κ1) is 19.2. The zero-order chi connectivity index (χ0) is 21.2. The van der Waals surface area contributed by atoms with Crippen molar-refractivity contribution in [2.45, 2.75) is 24.7 Å². The smallest absolute Gasteiger partial charge is 0.411 e. The van der Waals surface area contributed by atoms with E-state index in [1.54, 1.807) is 16.1 Å². The maximum absolute atomic E-state index is 13.3. The van der Waals surface area contributed by atoms with Crippen LogP contribution in [0.2, 0.25) is 0 Å². The highest BCUT2D eigenvalue weighted by atomic mass is 16.6. The van der Waals surface area contributed by atoms with Crippen LogP contribution in [-0.2, 0) is 16.1 Å². The van der Waals surface area contributed by atoms with E-state index < -0.39 is 12.1 Å². The molecular weight excluding hydrogens is 392 g/mol. The Kier molecular flexibility index (Phi) is 5.04. The topological polar surface area (TPSA) is 63.0 Å². The number of hydrogen-bond acceptors (Lipinski definition) is 4. The van der Waals surface area contributed by atoms with Crippen LogP contribution in [0.3, 0.4) is 0 Å². The van der Waals surface area contributed by atoms with Crippen molar-refractivity contribution in [2.75, 3.05) is 6.61 Å². The number of carbonyl (C=O) groups excluding carboxylic acids is 2. The molecule has 3 aromatic rings. The largest absolute Gasteiger partial charge is 0.465 e. The molecule has 156 valence electrons. The lowest BCUT2D eigenvalue weighted by atomic mass is 9.90. The molecule has 2 aliphatic heterocycles. The molecule has 1 aromatic heterocycles. The van der Waals surface area contributed by atoms with E-state index >= 15 is 0 Å². The van der Waals surface area contributed by atoms with Crippen LogP contribution in [0.25, 0.3) is 6.08 Å². The lowest BCUT2D eigenvalue weighted by Gasteiger charge is -2.49. The Bertz CT molecular complexity index is 1080. The fourth-order valence-corrected chi connectivity index (χ4v) is 4.26. The summed E-state index contributed by atoms with van der Waals surface area (Å²) in [5.41, 5.74) is 1.99. The lowest BCUT2D eigenvalue weighted by molar-refractivity contribution is -0.155. The summed E-state index contributed by atoms with van der Waals surface area (Å²) in [4.78, 5) is 29.3. The Morgan fingerprint density at radius 2 is 1.68 bits per heavy atom. The summed E-state index contributed by atoms with van der Waals surface area (Å²) >= 11 is 0. The van der Waals surface area contributed by atoms with Gasteiger partial charge in [0.1, 0.15) is 18.4 Å². The first-order valence-electron chi connectivity index (χ1n) is 10.3. The number of hydrogen-bond donors (Lipinski definition) is 0. The van der Waals surface area contributed by atoms with E-state index in [1.807, 2.05) is 84.9 Å². The molecule has 2 aromatic carbocycles. The van der Waals surface area contributed by atoms with Crippen molar-refractivity contribution in [3.8, 4) is 0 Å². The normalized spacial score (nSPS) is 23.3. The van der Waals surface area contributed by atoms with Crippen LogP contribution in [-0.4, -0.2) is 40.5 Å². The molecule has 6 heteroatoms. The second-order valence-corrected chi connectivity index (χ2v) is 7.67. The highest BCUT2D eigenvalue weighted by molar-refractivity contribution is 5.94. The van der Waals surface area contributed by atoms with Gasteiger partial charge in [0.25, 0.3) is 0 Å². The molecule has 0 bridgehead atoms. The number of furan rings is 1. The summed E-state index contributed by atoms with van der Waals surface area (Å²) in [6, 6.07) is 22.0. The van der Waals surface area contributed by atoms with Gasteiger partial charge < -0.3 is 14.1 Å². The third-order valence-corrected chi connectivity index (χ3v) is 5.81. The molecule has 2 fully saturated rings. The minimum atomic E-state index is -0.616. The fourth-order valence-electron chi connectivity index (χ4n) is 4.26. The number of benzene rings is 2. The summed E-state index contributed by atoms with van der Waals surface area (Å²) in [7, 11) is 0. The third kappa shape index (κ3) is 3.61. The van der Waals surface area contributed by atoms with Crippen LogP contribution < -0.4 is 0 Å². The van der Waals surface area contributed by atoms with Crippen LogP contribution in [0, 0.1) is 0 Å². The van der Waals surface area contributed by atoms with Gasteiger partial charge in [-0.1, -0.05) is 66.7 Å². The van der Waals surface area contributed by atoms with Crippen molar-refractivity contribution < 1.29 is 18.7 Å². The minimum Gasteiger partial charge on any atom is -0.465 e. The monoisotopic (exact) mass is 414 g/mol. The van der Waals surface area contributed by atoms with Gasteiger partial charge in [-0.15, -0.1) is 0 Å². The van der Waals surface area contributed by atoms with Gasteiger partial charge in [-0.05, 0) is 29.3 Å². The first-order chi connectivity index (χ1) is 15.2. The number of rotatable bonds is 6. The lowest BCUT2D eigenvalue weighted by Crippen LogP contribution is -2.69. The number of β-lactam (4-membered cyclic amide) rings is 1. The summed E-state index contributed by atoms with van der Waals surface area (Å²) < 4.78 is 10.8. The second kappa shape index (κ2) is 8.14. The molecule has 0 radical (unpaired) electrons. The average Bonchev–Trinajstić information content (AvgIpc) is 3.46. The van der Waals surface area contributed by atoms with Gasteiger partial charge in [-0.2, -0.15) is 0 Å². The van der Waals surface area contributed by atoms with E-state index in [9.17, 15) is 9.59 Å². The molecule has 31 heavy (non-hydrogen) atoms. The van der Waals surface area contributed by atoms with Gasteiger partial charge in [0.05, 0.1) is 18.3 Å². The molecule has 1 unspecified atom stereocenters. The number of carbonyl (C=O) groups is 2. The molecule has 5 rings (SSSR count). The summed E-state index contributed by atoms with van der Waals surface area (Å²) in [6.07, 6.45) is 4.93. The predicted octanol–water partition coefficient (Wildman–Crippen LogP) is 4.27. The van der Waals surface area contributed by atoms with Crippen LogP contribution in [0.1, 0.15) is 22.9 Å². The molecule has 2 aliphatic rings. The molecule has 2 saturated heterocycles. The number of ether oxygens (including phenoxy) is 1. The van der Waals surface area contributed by atoms with Crippen LogP contribution in [0.4, 0.5) is 4.79 Å². The van der Waals surface area contributed by atoms with Gasteiger partial charge in [0.2, 0.25) is 5.91 Å². The van der Waals surface area contributed by atoms with Gasteiger partial charge in [0.15, 0.2) is 0 Å². The molecular formula is C25H22N2O4. The summed E-state index contributed by atoms with van der Waals surface area (Å²) in [5, 5.41) is 0. The fraction of sp³-hybridized carbons (Fsp3) is 0.200. The van der Waals surface area contributed by atoms with Crippen molar-refractivity contribution in [2.24, 2.45) is 0 Å². The Morgan fingerprint density at radius 1 is 0.935 bits per heavy atom. The molecule has 0 aliphatic carbocycles. The zero-order valence-electron chi connectivity index (χ0n) is 16.8. The van der Waals surface area contributed by atoms with Crippen molar-refractivity contribution in [3.05, 3.63) is 102 Å². The van der Waals surface area contributed by atoms with Crippen molar-refractivity contribution >= 4 is 18.1 Å². The third-order valence-electron chi connectivity index (χ3n) is 5.81. The predicted molar refractivity (Wildman–Crippen MR) is 115 cm³/mol. The van der Waals surface area contributed by atoms with E-state index in [2.05, 4.69) is 0 Å². The van der Waals surface area contributed by atoms with E-state index in [0.29, 0.717) is 12.3 Å². The van der Waals surface area contributed by atoms with Gasteiger partial charge in [0, 0.05) is 6.54 Å². The quantitative estimate of drug-likeness (QED) is 0.565. The molecule has 6 nitrogen and oxygen atoms in total. The van der Waals surface area contributed by atoms with Gasteiger partial charge in [-0.25, -0.2) is 4.79 Å². The molecule has 0 N–H and O–H groups in total. The molecule has 0 spiro atoms. The molecule has 0 saturated carbocycles. The van der Waals surface area contributed by atoms with Crippen LogP contribution >= 0.6 is 0 Å². The van der Waals surface area contributed by atoms with Crippen LogP contribution in [0.15, 0.2) is 89.6 Å². The number of cyclic esters (lactones) is 1. The highest BCUT2D eigenvalue weighted by Crippen LogP contribution is 2.37. The summed E-state index contributed by atoms with van der Waals surface area (Å²) in [5.74, 6) is 0.610. The van der Waals surface area contributed by atoms with Crippen LogP contribution in [0.5, 0.6) is 0 Å². The summed E-state index contributed by atoms with van der Waals surface area (Å²) in [6.45, 7) is 0.710. The average molecular weight is 414 g/mol. The number of nitrogens with zero attached hydrogens (tertiary/aromatic N) is 2. The molecule has 2 amide bonds. The second-order valence-electron chi connectivity index (χ2n) is 7.67. The van der Waals surface area contributed by atoms with E-state index in [0.717, 1.165) is 11.1 Å². The van der Waals surface area contributed by atoms with Gasteiger partial charge in [-0.3, -0.25) is 9.69 Å². The standard InChI is InChI=1S/C25H22N2O4/c28-24-23(27-22(17-31-25(27)29)19-10-5-2-6-11-19)21(14-13-20-12-7-15-30-20)26(24)16-18-8-3-1-4-9-18/h1-15,21-23H,16-17H2/b14-13+/t21-,22+,23?/m1/s1. The SMILES string of the molecule is O=C1C(N2C(=O)OC[C@H]2c2ccccc2)[C@@H](/C=C/c2ccco2)N1Cc1ccccc1. The van der Waals surface area contributed by atoms with E-state index in [4.69, 9.17) is 9.15 Å². The van der Waals surface area contributed by atoms with Crippen molar-refractivity contribution in [1.82, 2.24) is 9.80 Å². The Labute approximate surface area is 180 Å². The van der Waals surface area contributed by atoms with E-state index in [-0.39, 0.29) is 24.6 Å².